The largest absolute Gasteiger partial charge is 0.399 e. The van der Waals surface area contributed by atoms with Crippen LogP contribution in [0.4, 0.5) is 5.69 Å². The summed E-state index contributed by atoms with van der Waals surface area (Å²) >= 11 is 0. The van der Waals surface area contributed by atoms with Gasteiger partial charge in [0.2, 0.25) is 10.0 Å². The standard InChI is InChI=1S/C14H22N2O3S/c1-2-12-5-6-13(15)8-14(12)20(17,18)16-9-11-4-3-7-19-10-11/h5-6,8,11,16H,2-4,7,9-10,15H2,1H3. The van der Waals surface area contributed by atoms with Crippen molar-refractivity contribution in [3.8, 4) is 0 Å². The van der Waals surface area contributed by atoms with Gasteiger partial charge in [0, 0.05) is 18.8 Å². The number of benzene rings is 1. The van der Waals surface area contributed by atoms with Crippen LogP contribution in [-0.4, -0.2) is 28.2 Å². The van der Waals surface area contributed by atoms with Gasteiger partial charge in [-0.1, -0.05) is 13.0 Å². The molecule has 0 spiro atoms. The van der Waals surface area contributed by atoms with Crippen molar-refractivity contribution in [2.45, 2.75) is 31.1 Å². The SMILES string of the molecule is CCc1ccc(N)cc1S(=O)(=O)NCC1CCCOC1. The molecule has 0 bridgehead atoms. The van der Waals surface area contributed by atoms with Crippen LogP contribution in [0.3, 0.4) is 0 Å². The van der Waals surface area contributed by atoms with Crippen LogP contribution >= 0.6 is 0 Å². The average molecular weight is 298 g/mol. The Labute approximate surface area is 120 Å². The normalized spacial score (nSPS) is 19.9. The molecule has 0 aromatic heterocycles. The maximum absolute atomic E-state index is 12.4. The van der Waals surface area contributed by atoms with E-state index in [0.29, 0.717) is 25.3 Å². The average Bonchev–Trinajstić information content (AvgIpc) is 2.46. The van der Waals surface area contributed by atoms with E-state index in [-0.39, 0.29) is 10.8 Å². The molecular weight excluding hydrogens is 276 g/mol. The Morgan fingerprint density at radius 3 is 2.90 bits per heavy atom. The summed E-state index contributed by atoms with van der Waals surface area (Å²) in [6.07, 6.45) is 2.65. The summed E-state index contributed by atoms with van der Waals surface area (Å²) in [5.41, 5.74) is 6.95. The quantitative estimate of drug-likeness (QED) is 0.808. The number of anilines is 1. The summed E-state index contributed by atoms with van der Waals surface area (Å²) in [6.45, 7) is 3.75. The zero-order valence-electron chi connectivity index (χ0n) is 11.8. The molecule has 1 fully saturated rings. The third kappa shape index (κ3) is 3.71. The van der Waals surface area contributed by atoms with Crippen molar-refractivity contribution in [1.82, 2.24) is 4.72 Å². The number of nitrogen functional groups attached to an aromatic ring is 1. The van der Waals surface area contributed by atoms with E-state index in [9.17, 15) is 8.42 Å². The molecule has 20 heavy (non-hydrogen) atoms. The van der Waals surface area contributed by atoms with E-state index in [4.69, 9.17) is 10.5 Å². The Morgan fingerprint density at radius 1 is 1.45 bits per heavy atom. The fourth-order valence-electron chi connectivity index (χ4n) is 2.39. The van der Waals surface area contributed by atoms with Gasteiger partial charge in [-0.25, -0.2) is 13.1 Å². The summed E-state index contributed by atoms with van der Waals surface area (Å²) in [7, 11) is -3.51. The van der Waals surface area contributed by atoms with Crippen molar-refractivity contribution < 1.29 is 13.2 Å². The number of sulfonamides is 1. The number of hydrogen-bond acceptors (Lipinski definition) is 4. The Bertz CT molecular complexity index is 552. The summed E-state index contributed by atoms with van der Waals surface area (Å²) in [4.78, 5) is 0.289. The molecule has 3 N–H and O–H groups in total. The fourth-order valence-corrected chi connectivity index (χ4v) is 3.85. The fraction of sp³-hybridized carbons (Fsp3) is 0.571. The van der Waals surface area contributed by atoms with E-state index < -0.39 is 10.0 Å². The molecule has 0 aliphatic carbocycles. The first-order valence-electron chi connectivity index (χ1n) is 6.98. The summed E-state index contributed by atoms with van der Waals surface area (Å²) in [5, 5.41) is 0. The molecule has 5 nitrogen and oxygen atoms in total. The highest BCUT2D eigenvalue weighted by molar-refractivity contribution is 7.89. The van der Waals surface area contributed by atoms with Gasteiger partial charge in [0.25, 0.3) is 0 Å². The molecule has 1 heterocycles. The third-order valence-corrected chi connectivity index (χ3v) is 5.08. The van der Waals surface area contributed by atoms with E-state index >= 15 is 0 Å². The highest BCUT2D eigenvalue weighted by Crippen LogP contribution is 2.20. The van der Waals surface area contributed by atoms with Gasteiger partial charge >= 0.3 is 0 Å². The molecule has 1 saturated heterocycles. The van der Waals surface area contributed by atoms with Gasteiger partial charge < -0.3 is 10.5 Å². The minimum absolute atomic E-state index is 0.254. The first-order valence-corrected chi connectivity index (χ1v) is 8.47. The number of aryl methyl sites for hydroxylation is 1. The number of hydrogen-bond donors (Lipinski definition) is 2. The van der Waals surface area contributed by atoms with Crippen LogP contribution in [-0.2, 0) is 21.2 Å². The molecule has 1 atom stereocenters. The summed E-state index contributed by atoms with van der Waals surface area (Å²) < 4.78 is 32.8. The molecule has 1 aromatic carbocycles. The monoisotopic (exact) mass is 298 g/mol. The molecule has 6 heteroatoms. The molecule has 2 rings (SSSR count). The van der Waals surface area contributed by atoms with Crippen LogP contribution in [0.5, 0.6) is 0 Å². The van der Waals surface area contributed by atoms with E-state index in [2.05, 4.69) is 4.72 Å². The van der Waals surface area contributed by atoms with E-state index in [1.54, 1.807) is 12.1 Å². The third-order valence-electron chi connectivity index (χ3n) is 3.58. The molecule has 0 amide bonds. The summed E-state index contributed by atoms with van der Waals surface area (Å²) in [5.74, 6) is 0.254. The molecule has 1 aliphatic rings. The predicted molar refractivity (Wildman–Crippen MR) is 79.0 cm³/mol. The molecular formula is C14H22N2O3S. The molecule has 1 unspecified atom stereocenters. The van der Waals surface area contributed by atoms with Crippen molar-refractivity contribution in [2.75, 3.05) is 25.5 Å². The van der Waals surface area contributed by atoms with Crippen LogP contribution in [0.2, 0.25) is 0 Å². The van der Waals surface area contributed by atoms with Gasteiger partial charge in [-0.15, -0.1) is 0 Å². The van der Waals surface area contributed by atoms with Gasteiger partial charge in [-0.2, -0.15) is 0 Å². The Kier molecular flexibility index (Phi) is 5.01. The lowest BCUT2D eigenvalue weighted by Gasteiger charge is -2.22. The second kappa shape index (κ2) is 6.56. The first-order chi connectivity index (χ1) is 9.53. The van der Waals surface area contributed by atoms with Gasteiger partial charge in [-0.05, 0) is 42.9 Å². The minimum Gasteiger partial charge on any atom is -0.399 e. The number of ether oxygens (including phenoxy) is 1. The second-order valence-corrected chi connectivity index (χ2v) is 6.89. The van der Waals surface area contributed by atoms with Gasteiger partial charge in [-0.3, -0.25) is 0 Å². The van der Waals surface area contributed by atoms with Crippen molar-refractivity contribution in [2.24, 2.45) is 5.92 Å². The van der Waals surface area contributed by atoms with Crippen LogP contribution in [0.15, 0.2) is 23.1 Å². The van der Waals surface area contributed by atoms with Crippen LogP contribution in [0, 0.1) is 5.92 Å². The lowest BCUT2D eigenvalue weighted by Crippen LogP contribution is -2.33. The highest BCUT2D eigenvalue weighted by Gasteiger charge is 2.21. The van der Waals surface area contributed by atoms with Crippen molar-refractivity contribution in [3.63, 3.8) is 0 Å². The van der Waals surface area contributed by atoms with Crippen molar-refractivity contribution in [3.05, 3.63) is 23.8 Å². The van der Waals surface area contributed by atoms with Gasteiger partial charge in [0.1, 0.15) is 0 Å². The smallest absolute Gasteiger partial charge is 0.240 e. The van der Waals surface area contributed by atoms with Gasteiger partial charge in [0.15, 0.2) is 0 Å². The molecule has 0 radical (unpaired) electrons. The maximum atomic E-state index is 12.4. The lowest BCUT2D eigenvalue weighted by atomic mass is 10.0. The minimum atomic E-state index is -3.51. The van der Waals surface area contributed by atoms with E-state index in [0.717, 1.165) is 25.0 Å². The molecule has 112 valence electrons. The Morgan fingerprint density at radius 2 is 2.25 bits per heavy atom. The number of nitrogens with one attached hydrogen (secondary N) is 1. The van der Waals surface area contributed by atoms with E-state index in [1.165, 1.54) is 6.07 Å². The highest BCUT2D eigenvalue weighted by atomic mass is 32.2. The molecule has 0 saturated carbocycles. The van der Waals surface area contributed by atoms with Crippen molar-refractivity contribution >= 4 is 15.7 Å². The van der Waals surface area contributed by atoms with Crippen LogP contribution in [0.1, 0.15) is 25.3 Å². The maximum Gasteiger partial charge on any atom is 0.240 e. The first kappa shape index (κ1) is 15.3. The zero-order chi connectivity index (χ0) is 14.6. The summed E-state index contributed by atoms with van der Waals surface area (Å²) in [6, 6.07) is 5.03. The van der Waals surface area contributed by atoms with Gasteiger partial charge in [0.05, 0.1) is 11.5 Å². The Balaban J connectivity index is 2.11. The van der Waals surface area contributed by atoms with E-state index in [1.807, 2.05) is 6.92 Å². The van der Waals surface area contributed by atoms with Crippen LogP contribution in [0.25, 0.3) is 0 Å². The predicted octanol–water partition coefficient (Wildman–Crippen LogP) is 1.54. The zero-order valence-corrected chi connectivity index (χ0v) is 12.6. The molecule has 1 aliphatic heterocycles. The topological polar surface area (TPSA) is 81.4 Å². The second-order valence-electron chi connectivity index (χ2n) is 5.16. The Hall–Kier alpha value is -1.11. The lowest BCUT2D eigenvalue weighted by molar-refractivity contribution is 0.0568. The molecule has 1 aromatic rings. The number of rotatable bonds is 5. The number of nitrogens with two attached hydrogens (primary N) is 1. The van der Waals surface area contributed by atoms with Crippen LogP contribution < -0.4 is 10.5 Å². The van der Waals surface area contributed by atoms with Crippen molar-refractivity contribution in [1.29, 1.82) is 0 Å².